The third-order valence-corrected chi connectivity index (χ3v) is 4.46. The quantitative estimate of drug-likeness (QED) is 0.892. The Morgan fingerprint density at radius 3 is 2.75 bits per heavy atom. The van der Waals surface area contributed by atoms with Crippen LogP contribution >= 0.6 is 0 Å². The molecule has 2 rings (SSSR count). The molecule has 0 bridgehead atoms. The van der Waals surface area contributed by atoms with E-state index in [1.54, 1.807) is 4.90 Å². The van der Waals surface area contributed by atoms with Crippen molar-refractivity contribution in [2.45, 2.75) is 46.5 Å². The van der Waals surface area contributed by atoms with Crippen LogP contribution in [-0.4, -0.2) is 59.6 Å². The van der Waals surface area contributed by atoms with E-state index in [2.05, 4.69) is 17.4 Å². The molecule has 1 aliphatic rings. The van der Waals surface area contributed by atoms with Gasteiger partial charge in [-0.2, -0.15) is 0 Å². The lowest BCUT2D eigenvalue weighted by molar-refractivity contribution is -0.130. The van der Waals surface area contributed by atoms with Crippen LogP contribution in [0, 0.1) is 13.8 Å². The minimum Gasteiger partial charge on any atom is -0.361 e. The van der Waals surface area contributed by atoms with Crippen molar-refractivity contribution in [3.8, 4) is 0 Å². The van der Waals surface area contributed by atoms with Crippen molar-refractivity contribution in [1.29, 1.82) is 0 Å². The Hall–Kier alpha value is -2.05. The van der Waals surface area contributed by atoms with Gasteiger partial charge in [-0.1, -0.05) is 19.0 Å². The van der Waals surface area contributed by atoms with E-state index in [4.69, 9.17) is 4.52 Å². The van der Waals surface area contributed by atoms with Gasteiger partial charge in [0.2, 0.25) is 5.91 Å². The molecule has 7 nitrogen and oxygen atoms in total. The molecule has 1 saturated heterocycles. The van der Waals surface area contributed by atoms with E-state index in [9.17, 15) is 9.59 Å². The molecule has 0 aliphatic carbocycles. The summed E-state index contributed by atoms with van der Waals surface area (Å²) < 4.78 is 5.18. The molecule has 0 saturated carbocycles. The van der Waals surface area contributed by atoms with Crippen LogP contribution in [0.15, 0.2) is 4.52 Å². The summed E-state index contributed by atoms with van der Waals surface area (Å²) in [5.41, 5.74) is 1.89. The summed E-state index contributed by atoms with van der Waals surface area (Å²) in [5, 5.41) is 6.89. The smallest absolute Gasteiger partial charge is 0.317 e. The maximum atomic E-state index is 12.4. The lowest BCUT2D eigenvalue weighted by Crippen LogP contribution is -2.45. The average Bonchev–Trinajstić information content (AvgIpc) is 2.77. The molecule has 1 aromatic heterocycles. The summed E-state index contributed by atoms with van der Waals surface area (Å²) >= 11 is 0. The topological polar surface area (TPSA) is 78.7 Å². The monoisotopic (exact) mass is 336 g/mol. The van der Waals surface area contributed by atoms with Gasteiger partial charge in [0, 0.05) is 37.7 Å². The van der Waals surface area contributed by atoms with Crippen LogP contribution in [0.25, 0.3) is 0 Å². The number of carbonyl (C=O) groups excluding carboxylic acids is 2. The van der Waals surface area contributed by atoms with Gasteiger partial charge in [0.15, 0.2) is 0 Å². The van der Waals surface area contributed by atoms with E-state index in [-0.39, 0.29) is 24.4 Å². The molecule has 1 aromatic rings. The van der Waals surface area contributed by atoms with Crippen molar-refractivity contribution in [2.75, 3.05) is 32.7 Å². The summed E-state index contributed by atoms with van der Waals surface area (Å²) in [4.78, 5) is 28.1. The number of rotatable bonds is 5. The number of hydrogen-bond acceptors (Lipinski definition) is 4. The number of aromatic nitrogens is 1. The molecule has 1 fully saturated rings. The first-order chi connectivity index (χ1) is 11.4. The molecule has 3 amide bonds. The van der Waals surface area contributed by atoms with Crippen molar-refractivity contribution >= 4 is 11.9 Å². The summed E-state index contributed by atoms with van der Waals surface area (Å²) in [6.45, 7) is 10.6. The number of amides is 3. The fraction of sp³-hybridized carbons (Fsp3) is 0.706. The first kappa shape index (κ1) is 18.3. The van der Waals surface area contributed by atoms with Gasteiger partial charge >= 0.3 is 6.03 Å². The zero-order valence-electron chi connectivity index (χ0n) is 15.1. The summed E-state index contributed by atoms with van der Waals surface area (Å²) in [7, 11) is 0. The zero-order valence-corrected chi connectivity index (χ0v) is 15.1. The third-order valence-electron chi connectivity index (χ3n) is 4.46. The Morgan fingerprint density at radius 1 is 1.38 bits per heavy atom. The summed E-state index contributed by atoms with van der Waals surface area (Å²) in [5.74, 6) is 0.928. The molecule has 134 valence electrons. The number of nitrogens with zero attached hydrogens (tertiary/aromatic N) is 3. The molecule has 1 aliphatic heterocycles. The van der Waals surface area contributed by atoms with Crippen LogP contribution < -0.4 is 5.32 Å². The lowest BCUT2D eigenvalue weighted by Gasteiger charge is -2.22. The number of hydrogen-bond donors (Lipinski definition) is 1. The van der Waals surface area contributed by atoms with Gasteiger partial charge in [-0.05, 0) is 26.7 Å². The maximum Gasteiger partial charge on any atom is 0.317 e. The highest BCUT2D eigenvalue weighted by Gasteiger charge is 2.25. The van der Waals surface area contributed by atoms with Crippen LogP contribution in [0.4, 0.5) is 4.79 Å². The van der Waals surface area contributed by atoms with Crippen molar-refractivity contribution in [1.82, 2.24) is 20.3 Å². The maximum absolute atomic E-state index is 12.4. The van der Waals surface area contributed by atoms with Crippen LogP contribution in [0.5, 0.6) is 0 Å². The Bertz CT molecular complexity index is 565. The molecule has 0 aromatic carbocycles. The average molecular weight is 336 g/mol. The first-order valence-corrected chi connectivity index (χ1v) is 8.67. The van der Waals surface area contributed by atoms with Gasteiger partial charge in [0.1, 0.15) is 12.3 Å². The second kappa shape index (κ2) is 8.17. The van der Waals surface area contributed by atoms with Crippen molar-refractivity contribution in [3.63, 3.8) is 0 Å². The molecule has 2 heterocycles. The van der Waals surface area contributed by atoms with Crippen molar-refractivity contribution in [3.05, 3.63) is 17.0 Å². The van der Waals surface area contributed by atoms with E-state index < -0.39 is 0 Å². The first-order valence-electron chi connectivity index (χ1n) is 8.67. The standard InChI is InChI=1S/C17H28N4O3/c1-5-7-20-8-6-9-21(11-15(20)22)17(23)18-10-12(2)16-13(3)19-24-14(16)4/h12H,5-11H2,1-4H3,(H,18,23)/t12-/m0/s1. The van der Waals surface area contributed by atoms with E-state index in [0.717, 1.165) is 42.9 Å². The highest BCUT2D eigenvalue weighted by molar-refractivity contribution is 5.84. The summed E-state index contributed by atoms with van der Waals surface area (Å²) in [6, 6.07) is -0.180. The molecule has 0 unspecified atom stereocenters. The second-order valence-corrected chi connectivity index (χ2v) is 6.48. The van der Waals surface area contributed by atoms with Crippen LogP contribution in [0.1, 0.15) is 49.6 Å². The van der Waals surface area contributed by atoms with Crippen LogP contribution in [0.2, 0.25) is 0 Å². The van der Waals surface area contributed by atoms with Crippen molar-refractivity contribution in [2.24, 2.45) is 0 Å². The molecule has 1 atom stereocenters. The highest BCUT2D eigenvalue weighted by Crippen LogP contribution is 2.22. The van der Waals surface area contributed by atoms with E-state index in [1.807, 2.05) is 25.7 Å². The third kappa shape index (κ3) is 4.27. The number of carbonyl (C=O) groups is 2. The van der Waals surface area contributed by atoms with Crippen LogP contribution in [-0.2, 0) is 4.79 Å². The molecule has 1 N–H and O–H groups in total. The van der Waals surface area contributed by atoms with Gasteiger partial charge < -0.3 is 19.6 Å². The largest absolute Gasteiger partial charge is 0.361 e. The van der Waals surface area contributed by atoms with Crippen molar-refractivity contribution < 1.29 is 14.1 Å². The minimum atomic E-state index is -0.180. The molecule has 0 radical (unpaired) electrons. The SMILES string of the molecule is CCCN1CCCN(C(=O)NC[C@H](C)c2c(C)noc2C)CC1=O. The fourth-order valence-electron chi connectivity index (χ4n) is 3.25. The highest BCUT2D eigenvalue weighted by atomic mass is 16.5. The van der Waals surface area contributed by atoms with Gasteiger partial charge in [0.25, 0.3) is 0 Å². The molecular formula is C17H28N4O3. The Balaban J connectivity index is 1.89. The van der Waals surface area contributed by atoms with Crippen LogP contribution in [0.3, 0.4) is 0 Å². The predicted octanol–water partition coefficient (Wildman–Crippen LogP) is 2.05. The Morgan fingerprint density at radius 2 is 2.12 bits per heavy atom. The molecule has 24 heavy (non-hydrogen) atoms. The summed E-state index contributed by atoms with van der Waals surface area (Å²) in [6.07, 6.45) is 1.76. The molecule has 0 spiro atoms. The number of nitrogens with one attached hydrogen (secondary N) is 1. The number of aryl methyl sites for hydroxylation is 2. The number of urea groups is 1. The zero-order chi connectivity index (χ0) is 17.7. The molecule has 7 heteroatoms. The van der Waals surface area contributed by atoms with Gasteiger partial charge in [-0.3, -0.25) is 4.79 Å². The minimum absolute atomic E-state index is 0.0308. The van der Waals surface area contributed by atoms with E-state index >= 15 is 0 Å². The lowest BCUT2D eigenvalue weighted by atomic mass is 10.00. The van der Waals surface area contributed by atoms with E-state index in [1.165, 1.54) is 0 Å². The Kier molecular flexibility index (Phi) is 6.23. The molecular weight excluding hydrogens is 308 g/mol. The van der Waals surface area contributed by atoms with Gasteiger partial charge in [0.05, 0.1) is 5.69 Å². The van der Waals surface area contributed by atoms with E-state index in [0.29, 0.717) is 13.1 Å². The second-order valence-electron chi connectivity index (χ2n) is 6.48. The Labute approximate surface area is 143 Å². The van der Waals surface area contributed by atoms with Gasteiger partial charge in [-0.25, -0.2) is 4.79 Å². The normalized spacial score (nSPS) is 16.9. The fourth-order valence-corrected chi connectivity index (χ4v) is 3.25. The predicted molar refractivity (Wildman–Crippen MR) is 90.9 cm³/mol. The van der Waals surface area contributed by atoms with Gasteiger partial charge in [-0.15, -0.1) is 0 Å².